The molecule has 0 nitrogen and oxygen atoms in total. The predicted octanol–water partition coefficient (Wildman–Crippen LogP) is 5.70. The van der Waals surface area contributed by atoms with Crippen LogP contribution in [0.25, 0.3) is 0 Å². The Morgan fingerprint density at radius 1 is 1.29 bits per heavy atom. The van der Waals surface area contributed by atoms with Crippen LogP contribution in [0.5, 0.6) is 0 Å². The number of thiophene rings is 1. The second-order valence-electron chi connectivity index (χ2n) is 3.69. The van der Waals surface area contributed by atoms with Gasteiger partial charge in [-0.1, -0.05) is 38.8 Å². The molecule has 0 N–H and O–H groups in total. The number of hydrogen-bond donors (Lipinski definition) is 0. The summed E-state index contributed by atoms with van der Waals surface area (Å²) >= 11 is 8.86. The first-order chi connectivity index (χ1) is 8.11. The minimum absolute atomic E-state index is 0.0397. The summed E-state index contributed by atoms with van der Waals surface area (Å²) < 4.78 is 14.2. The number of aryl methyl sites for hydroxylation is 1. The highest BCUT2D eigenvalue weighted by molar-refractivity contribution is 9.11. The van der Waals surface area contributed by atoms with Gasteiger partial charge in [0, 0.05) is 14.2 Å². The van der Waals surface area contributed by atoms with Crippen LogP contribution in [0.3, 0.4) is 0 Å². The van der Waals surface area contributed by atoms with Gasteiger partial charge in [0.2, 0.25) is 0 Å². The van der Waals surface area contributed by atoms with Gasteiger partial charge in [-0.15, -0.1) is 11.3 Å². The highest BCUT2D eigenvalue weighted by Crippen LogP contribution is 2.38. The molecule has 1 aromatic heterocycles. The summed E-state index contributed by atoms with van der Waals surface area (Å²) in [7, 11) is 0. The van der Waals surface area contributed by atoms with Crippen LogP contribution in [0.1, 0.15) is 27.1 Å². The minimum Gasteiger partial charge on any atom is -0.207 e. The number of alkyl halides is 1. The fourth-order valence-corrected chi connectivity index (χ4v) is 4.13. The average Bonchev–Trinajstić information content (AvgIpc) is 2.80. The van der Waals surface area contributed by atoms with Gasteiger partial charge in [0.25, 0.3) is 0 Å². The molecule has 0 spiro atoms. The van der Waals surface area contributed by atoms with Crippen LogP contribution in [0, 0.1) is 5.82 Å². The van der Waals surface area contributed by atoms with Gasteiger partial charge in [-0.3, -0.25) is 0 Å². The van der Waals surface area contributed by atoms with Crippen LogP contribution in [-0.4, -0.2) is 0 Å². The first-order valence-electron chi connectivity index (χ1n) is 5.29. The molecule has 0 saturated carbocycles. The molecule has 0 bridgehead atoms. The quantitative estimate of drug-likeness (QED) is 0.602. The van der Waals surface area contributed by atoms with Crippen molar-refractivity contribution in [2.75, 3.05) is 0 Å². The molecule has 4 heteroatoms. The second kappa shape index (κ2) is 5.63. The molecule has 0 radical (unpaired) electrons. The van der Waals surface area contributed by atoms with E-state index in [-0.39, 0.29) is 10.6 Å². The van der Waals surface area contributed by atoms with E-state index in [0.717, 1.165) is 16.5 Å². The minimum atomic E-state index is -0.208. The molecule has 1 aromatic carbocycles. The van der Waals surface area contributed by atoms with E-state index in [9.17, 15) is 4.39 Å². The third-order valence-electron chi connectivity index (χ3n) is 2.51. The molecule has 0 aliphatic carbocycles. The Morgan fingerprint density at radius 3 is 2.71 bits per heavy atom. The summed E-state index contributed by atoms with van der Waals surface area (Å²) in [6, 6.07) is 8.99. The predicted molar refractivity (Wildman–Crippen MR) is 78.6 cm³/mol. The molecule has 2 aromatic rings. The summed E-state index contributed by atoms with van der Waals surface area (Å²) in [5.74, 6) is -0.208. The van der Waals surface area contributed by atoms with Crippen molar-refractivity contribution in [1.29, 1.82) is 0 Å². The summed E-state index contributed by atoms with van der Waals surface area (Å²) in [4.78, 5) is 2.59. The van der Waals surface area contributed by atoms with Gasteiger partial charge in [0.1, 0.15) is 5.82 Å². The third kappa shape index (κ3) is 2.98. The third-order valence-corrected chi connectivity index (χ3v) is 5.82. The Kier molecular flexibility index (Phi) is 4.39. The molecule has 2 rings (SSSR count). The molecular formula is C13H11Br2FS. The zero-order chi connectivity index (χ0) is 12.4. The number of hydrogen-bond acceptors (Lipinski definition) is 1. The van der Waals surface area contributed by atoms with E-state index in [1.54, 1.807) is 23.5 Å². The molecule has 90 valence electrons. The lowest BCUT2D eigenvalue weighted by Gasteiger charge is -2.10. The molecule has 17 heavy (non-hydrogen) atoms. The Bertz CT molecular complexity index is 522. The largest absolute Gasteiger partial charge is 0.207 e. The van der Waals surface area contributed by atoms with Crippen LogP contribution in [0.4, 0.5) is 4.39 Å². The van der Waals surface area contributed by atoms with Crippen LogP contribution < -0.4 is 0 Å². The lowest BCUT2D eigenvalue weighted by Crippen LogP contribution is -1.92. The van der Waals surface area contributed by atoms with Gasteiger partial charge in [0.05, 0.1) is 4.83 Å². The first kappa shape index (κ1) is 13.2. The Balaban J connectivity index is 2.35. The Morgan fingerprint density at radius 2 is 2.06 bits per heavy atom. The van der Waals surface area contributed by atoms with Crippen molar-refractivity contribution in [3.63, 3.8) is 0 Å². The lowest BCUT2D eigenvalue weighted by atomic mass is 10.1. The number of benzene rings is 1. The standard InChI is InChI=1S/C13H11Br2FS/c1-2-9-4-6-12(17-9)13(15)10-7-8(16)3-5-11(10)14/h3-7,13H,2H2,1H3. The van der Waals surface area contributed by atoms with Gasteiger partial charge in [-0.05, 0) is 42.3 Å². The summed E-state index contributed by atoms with van der Waals surface area (Å²) in [5.41, 5.74) is 0.925. The molecule has 1 unspecified atom stereocenters. The molecule has 0 aliphatic rings. The highest BCUT2D eigenvalue weighted by Gasteiger charge is 2.16. The van der Waals surface area contributed by atoms with E-state index < -0.39 is 0 Å². The number of rotatable bonds is 3. The highest BCUT2D eigenvalue weighted by atomic mass is 79.9. The SMILES string of the molecule is CCc1ccc(C(Br)c2cc(F)ccc2Br)s1. The molecule has 1 heterocycles. The van der Waals surface area contributed by atoms with E-state index in [2.05, 4.69) is 50.9 Å². The molecule has 0 fully saturated rings. The molecular weight excluding hydrogens is 367 g/mol. The van der Waals surface area contributed by atoms with Crippen molar-refractivity contribution in [1.82, 2.24) is 0 Å². The summed E-state index contributed by atoms with van der Waals surface area (Å²) in [6.45, 7) is 2.14. The zero-order valence-electron chi connectivity index (χ0n) is 9.21. The van der Waals surface area contributed by atoms with Crippen molar-refractivity contribution in [2.24, 2.45) is 0 Å². The van der Waals surface area contributed by atoms with E-state index in [1.807, 2.05) is 0 Å². The fourth-order valence-electron chi connectivity index (χ4n) is 1.58. The smallest absolute Gasteiger partial charge is 0.123 e. The van der Waals surface area contributed by atoms with E-state index >= 15 is 0 Å². The van der Waals surface area contributed by atoms with Gasteiger partial charge < -0.3 is 0 Å². The van der Waals surface area contributed by atoms with Crippen molar-refractivity contribution >= 4 is 43.2 Å². The molecule has 0 amide bonds. The number of halogens is 3. The van der Waals surface area contributed by atoms with Crippen molar-refractivity contribution in [2.45, 2.75) is 18.2 Å². The zero-order valence-corrected chi connectivity index (χ0v) is 13.2. The Labute approximate surface area is 121 Å². The lowest BCUT2D eigenvalue weighted by molar-refractivity contribution is 0.625. The van der Waals surface area contributed by atoms with Crippen LogP contribution in [0.15, 0.2) is 34.8 Å². The van der Waals surface area contributed by atoms with Gasteiger partial charge in [-0.25, -0.2) is 4.39 Å². The van der Waals surface area contributed by atoms with Gasteiger partial charge >= 0.3 is 0 Å². The van der Waals surface area contributed by atoms with Crippen molar-refractivity contribution < 1.29 is 4.39 Å². The maximum atomic E-state index is 13.3. The van der Waals surface area contributed by atoms with Crippen molar-refractivity contribution in [3.05, 3.63) is 55.9 Å². The normalized spacial score (nSPS) is 12.7. The second-order valence-corrected chi connectivity index (χ2v) is 6.66. The molecule has 1 atom stereocenters. The van der Waals surface area contributed by atoms with E-state index in [4.69, 9.17) is 0 Å². The average molecular weight is 378 g/mol. The topological polar surface area (TPSA) is 0 Å². The van der Waals surface area contributed by atoms with Gasteiger partial charge in [-0.2, -0.15) is 0 Å². The van der Waals surface area contributed by atoms with Crippen LogP contribution >= 0.6 is 43.2 Å². The summed E-state index contributed by atoms with van der Waals surface area (Å²) in [5, 5.41) is 0. The van der Waals surface area contributed by atoms with Crippen LogP contribution in [-0.2, 0) is 6.42 Å². The summed E-state index contributed by atoms with van der Waals surface area (Å²) in [6.07, 6.45) is 1.04. The maximum absolute atomic E-state index is 13.3. The Hall–Kier alpha value is -0.190. The molecule has 0 aliphatic heterocycles. The first-order valence-corrected chi connectivity index (χ1v) is 7.82. The van der Waals surface area contributed by atoms with Crippen molar-refractivity contribution in [3.8, 4) is 0 Å². The van der Waals surface area contributed by atoms with E-state index in [0.29, 0.717) is 0 Å². The maximum Gasteiger partial charge on any atom is 0.123 e. The van der Waals surface area contributed by atoms with Gasteiger partial charge in [0.15, 0.2) is 0 Å². The van der Waals surface area contributed by atoms with E-state index in [1.165, 1.54) is 15.8 Å². The molecule has 0 saturated heterocycles. The monoisotopic (exact) mass is 376 g/mol. The van der Waals surface area contributed by atoms with Crippen LogP contribution in [0.2, 0.25) is 0 Å². The fraction of sp³-hybridized carbons (Fsp3) is 0.231.